The van der Waals surface area contributed by atoms with Crippen LogP contribution < -0.4 is 10.1 Å². The van der Waals surface area contributed by atoms with Gasteiger partial charge < -0.3 is 15.0 Å². The summed E-state index contributed by atoms with van der Waals surface area (Å²) in [6.45, 7) is 3.23. The van der Waals surface area contributed by atoms with E-state index in [1.807, 2.05) is 0 Å². The molecule has 3 heterocycles. The summed E-state index contributed by atoms with van der Waals surface area (Å²) < 4.78 is 46.5. The standard InChI is InChI=1S/C22H30F3N5O3S/c1-14-18(29-33-28-14)12-20(31)26-16-4-2-15(3-5-16)6-9-30-10-7-17-19(8-11-30)34-21(27-17)32-13-22(23,24)25/h15-16H,2-13H2,1H3,(H,26,31). The van der Waals surface area contributed by atoms with Crippen LogP contribution in [0.3, 0.4) is 0 Å². The van der Waals surface area contributed by atoms with Gasteiger partial charge in [-0.1, -0.05) is 21.7 Å². The Kier molecular flexibility index (Phi) is 8.07. The van der Waals surface area contributed by atoms with E-state index in [1.54, 1.807) is 6.92 Å². The maximum atomic E-state index is 12.4. The van der Waals surface area contributed by atoms with Crippen LogP contribution in [0.25, 0.3) is 0 Å². The van der Waals surface area contributed by atoms with E-state index < -0.39 is 12.8 Å². The van der Waals surface area contributed by atoms with Crippen molar-refractivity contribution in [2.75, 3.05) is 26.2 Å². The molecular weight excluding hydrogens is 471 g/mol. The van der Waals surface area contributed by atoms with Crippen LogP contribution in [0.15, 0.2) is 4.63 Å². The number of nitrogens with one attached hydrogen (secondary N) is 1. The molecule has 1 aliphatic carbocycles. The third kappa shape index (κ3) is 7.14. The number of aryl methyl sites for hydroxylation is 1. The second-order valence-corrected chi connectivity index (χ2v) is 10.2. The van der Waals surface area contributed by atoms with Gasteiger partial charge in [0.1, 0.15) is 11.4 Å². The smallest absolute Gasteiger partial charge is 0.422 e. The van der Waals surface area contributed by atoms with Crippen LogP contribution in [0.1, 0.15) is 54.1 Å². The summed E-state index contributed by atoms with van der Waals surface area (Å²) in [5.74, 6) is 0.604. The number of thiazole rings is 1. The summed E-state index contributed by atoms with van der Waals surface area (Å²) in [5.41, 5.74) is 2.10. The number of fused-ring (bicyclic) bond motifs is 1. The highest BCUT2D eigenvalue weighted by atomic mass is 32.1. The summed E-state index contributed by atoms with van der Waals surface area (Å²) in [6.07, 6.45) is 2.65. The van der Waals surface area contributed by atoms with Crippen molar-refractivity contribution in [2.45, 2.75) is 70.5 Å². The van der Waals surface area contributed by atoms with Crippen molar-refractivity contribution in [1.29, 1.82) is 0 Å². The Morgan fingerprint density at radius 2 is 1.97 bits per heavy atom. The Hall–Kier alpha value is -2.21. The fraction of sp³-hybridized carbons (Fsp3) is 0.727. The molecule has 0 saturated heterocycles. The molecular formula is C22H30F3N5O3S. The minimum Gasteiger partial charge on any atom is -0.460 e. The third-order valence-electron chi connectivity index (χ3n) is 6.58. The van der Waals surface area contributed by atoms with Gasteiger partial charge in [0, 0.05) is 30.4 Å². The highest BCUT2D eigenvalue weighted by molar-refractivity contribution is 7.13. The van der Waals surface area contributed by atoms with Gasteiger partial charge in [-0.2, -0.15) is 13.2 Å². The zero-order valence-corrected chi connectivity index (χ0v) is 20.0. The summed E-state index contributed by atoms with van der Waals surface area (Å²) in [7, 11) is 0. The van der Waals surface area contributed by atoms with Crippen molar-refractivity contribution < 1.29 is 27.3 Å². The topological polar surface area (TPSA) is 93.4 Å². The van der Waals surface area contributed by atoms with E-state index >= 15 is 0 Å². The number of hydrogen-bond donors (Lipinski definition) is 1. The van der Waals surface area contributed by atoms with Gasteiger partial charge in [0.15, 0.2) is 6.61 Å². The van der Waals surface area contributed by atoms with Gasteiger partial charge in [-0.3, -0.25) is 4.79 Å². The minimum atomic E-state index is -4.35. The number of aromatic nitrogens is 3. The first-order chi connectivity index (χ1) is 16.2. The summed E-state index contributed by atoms with van der Waals surface area (Å²) >= 11 is 1.24. The Morgan fingerprint density at radius 1 is 1.21 bits per heavy atom. The average molecular weight is 502 g/mol. The molecule has 1 aliphatic heterocycles. The molecule has 2 aliphatic rings. The maximum Gasteiger partial charge on any atom is 0.422 e. The first-order valence-corrected chi connectivity index (χ1v) is 12.5. The Bertz CT molecular complexity index is 930. The van der Waals surface area contributed by atoms with Gasteiger partial charge in [-0.15, -0.1) is 0 Å². The van der Waals surface area contributed by atoms with Gasteiger partial charge in [0.25, 0.3) is 5.19 Å². The molecule has 34 heavy (non-hydrogen) atoms. The first-order valence-electron chi connectivity index (χ1n) is 11.7. The van der Waals surface area contributed by atoms with Crippen molar-refractivity contribution in [1.82, 2.24) is 25.5 Å². The largest absolute Gasteiger partial charge is 0.460 e. The number of halogens is 3. The van der Waals surface area contributed by atoms with Gasteiger partial charge in [0.2, 0.25) is 5.91 Å². The van der Waals surface area contributed by atoms with Crippen molar-refractivity contribution in [3.8, 4) is 5.19 Å². The Labute approximate surface area is 200 Å². The van der Waals surface area contributed by atoms with Crippen molar-refractivity contribution in [3.63, 3.8) is 0 Å². The second-order valence-electron chi connectivity index (χ2n) is 9.14. The predicted molar refractivity (Wildman–Crippen MR) is 119 cm³/mol. The molecule has 1 saturated carbocycles. The SMILES string of the molecule is Cc1nonc1CC(=O)NC1CCC(CCN2CCc3nc(OCC(F)(F)F)sc3CC2)CC1. The van der Waals surface area contributed by atoms with E-state index in [-0.39, 0.29) is 23.6 Å². The van der Waals surface area contributed by atoms with E-state index in [0.717, 1.165) is 75.2 Å². The molecule has 2 aromatic heterocycles. The average Bonchev–Trinajstić information content (AvgIpc) is 3.32. The molecule has 0 radical (unpaired) electrons. The number of hydrogen-bond acceptors (Lipinski definition) is 8. The lowest BCUT2D eigenvalue weighted by atomic mass is 9.84. The molecule has 12 heteroatoms. The number of rotatable bonds is 8. The lowest BCUT2D eigenvalue weighted by Crippen LogP contribution is -2.39. The molecule has 0 aromatic carbocycles. The molecule has 0 spiro atoms. The maximum absolute atomic E-state index is 12.4. The third-order valence-corrected chi connectivity index (χ3v) is 7.65. The molecule has 188 valence electrons. The van der Waals surface area contributed by atoms with Crippen LogP contribution in [0.5, 0.6) is 5.19 Å². The summed E-state index contributed by atoms with van der Waals surface area (Å²) in [5, 5.41) is 10.7. The van der Waals surface area contributed by atoms with Gasteiger partial charge in [-0.05, 0) is 57.9 Å². The van der Waals surface area contributed by atoms with Gasteiger partial charge >= 0.3 is 6.18 Å². The van der Waals surface area contributed by atoms with Crippen molar-refractivity contribution in [2.24, 2.45) is 5.92 Å². The van der Waals surface area contributed by atoms with Crippen LogP contribution in [0.4, 0.5) is 13.2 Å². The van der Waals surface area contributed by atoms with Crippen LogP contribution in [0, 0.1) is 12.8 Å². The molecule has 2 aromatic rings. The molecule has 1 N–H and O–H groups in total. The molecule has 1 amide bonds. The summed E-state index contributed by atoms with van der Waals surface area (Å²) in [6, 6.07) is 0.206. The lowest BCUT2D eigenvalue weighted by Gasteiger charge is -2.30. The number of amides is 1. The quantitative estimate of drug-likeness (QED) is 0.592. The number of ether oxygens (including phenoxy) is 1. The Balaban J connectivity index is 1.14. The van der Waals surface area contributed by atoms with Crippen molar-refractivity contribution >= 4 is 17.2 Å². The monoisotopic (exact) mass is 501 g/mol. The van der Waals surface area contributed by atoms with E-state index in [1.165, 1.54) is 11.3 Å². The normalized spacial score (nSPS) is 21.6. The fourth-order valence-electron chi connectivity index (χ4n) is 4.62. The number of nitrogens with zero attached hydrogens (tertiary/aromatic N) is 4. The minimum absolute atomic E-state index is 0.0418. The van der Waals surface area contributed by atoms with Crippen LogP contribution in [-0.2, 0) is 24.1 Å². The van der Waals surface area contributed by atoms with E-state index in [2.05, 4.69) is 30.1 Å². The number of alkyl halides is 3. The molecule has 0 atom stereocenters. The fourth-order valence-corrected chi connectivity index (χ4v) is 5.56. The predicted octanol–water partition coefficient (Wildman–Crippen LogP) is 3.48. The van der Waals surface area contributed by atoms with Crippen molar-refractivity contribution in [3.05, 3.63) is 22.0 Å². The van der Waals surface area contributed by atoms with Crippen LogP contribution >= 0.6 is 11.3 Å². The zero-order valence-electron chi connectivity index (χ0n) is 19.2. The van der Waals surface area contributed by atoms with Crippen LogP contribution in [-0.4, -0.2) is 64.6 Å². The molecule has 8 nitrogen and oxygen atoms in total. The second kappa shape index (κ2) is 11.0. The van der Waals surface area contributed by atoms with E-state index in [0.29, 0.717) is 17.3 Å². The van der Waals surface area contributed by atoms with Gasteiger partial charge in [-0.25, -0.2) is 9.61 Å². The molecule has 0 bridgehead atoms. The van der Waals surface area contributed by atoms with Gasteiger partial charge in [0.05, 0.1) is 12.1 Å². The number of carbonyl (C=O) groups excluding carboxylic acids is 1. The molecule has 1 fully saturated rings. The summed E-state index contributed by atoms with van der Waals surface area (Å²) in [4.78, 5) is 20.0. The molecule has 4 rings (SSSR count). The zero-order chi connectivity index (χ0) is 24.1. The van der Waals surface area contributed by atoms with E-state index in [4.69, 9.17) is 4.74 Å². The molecule has 0 unspecified atom stereocenters. The Morgan fingerprint density at radius 3 is 2.68 bits per heavy atom. The van der Waals surface area contributed by atoms with E-state index in [9.17, 15) is 18.0 Å². The first kappa shape index (κ1) is 24.9. The lowest BCUT2D eigenvalue weighted by molar-refractivity contribution is -0.153. The highest BCUT2D eigenvalue weighted by Gasteiger charge is 2.30. The highest BCUT2D eigenvalue weighted by Crippen LogP contribution is 2.31. The number of carbonyl (C=O) groups is 1. The van der Waals surface area contributed by atoms with Crippen LogP contribution in [0.2, 0.25) is 0 Å².